The zero-order chi connectivity index (χ0) is 11.9. The molecule has 1 unspecified atom stereocenters. The lowest BCUT2D eigenvalue weighted by Crippen LogP contribution is -2.24. The fourth-order valence-corrected chi connectivity index (χ4v) is 4.39. The number of fused-ring (bicyclic) bond motifs is 1. The quantitative estimate of drug-likeness (QED) is 0.833. The molecule has 0 bridgehead atoms. The Bertz CT molecular complexity index is 575. The summed E-state index contributed by atoms with van der Waals surface area (Å²) >= 11 is 1.86. The van der Waals surface area contributed by atoms with E-state index in [0.717, 1.165) is 17.9 Å². The number of amidine groups is 1. The first-order valence-electron chi connectivity index (χ1n) is 5.44. The number of benzene rings is 1. The first-order chi connectivity index (χ1) is 8.17. The molecule has 2 aliphatic rings. The molecular formula is C11H12N2O2S2. The number of nitrogens with one attached hydrogen (secondary N) is 1. The Morgan fingerprint density at radius 3 is 2.94 bits per heavy atom. The minimum absolute atomic E-state index is 0.240. The fraction of sp³-hybridized carbons (Fsp3) is 0.364. The first kappa shape index (κ1) is 11.1. The Hall–Kier alpha value is -1.01. The van der Waals surface area contributed by atoms with Crippen LogP contribution in [-0.2, 0) is 10.0 Å². The Kier molecular flexibility index (Phi) is 2.63. The lowest BCUT2D eigenvalue weighted by Gasteiger charge is -2.03. The van der Waals surface area contributed by atoms with Crippen LogP contribution >= 0.6 is 11.8 Å². The molecule has 17 heavy (non-hydrogen) atoms. The van der Waals surface area contributed by atoms with E-state index in [-0.39, 0.29) is 6.04 Å². The van der Waals surface area contributed by atoms with E-state index in [0.29, 0.717) is 16.3 Å². The molecule has 0 spiro atoms. The van der Waals surface area contributed by atoms with Gasteiger partial charge in [-0.05, 0) is 24.3 Å². The van der Waals surface area contributed by atoms with E-state index < -0.39 is 10.0 Å². The molecule has 0 aliphatic carbocycles. The van der Waals surface area contributed by atoms with Gasteiger partial charge in [0.1, 0.15) is 5.84 Å². The van der Waals surface area contributed by atoms with Gasteiger partial charge in [0.25, 0.3) is 10.0 Å². The maximum Gasteiger partial charge on any atom is 0.263 e. The molecule has 1 N–H and O–H groups in total. The van der Waals surface area contributed by atoms with Gasteiger partial charge in [0.05, 0.1) is 10.9 Å². The number of rotatable bonds is 1. The van der Waals surface area contributed by atoms with Crippen LogP contribution in [0.5, 0.6) is 0 Å². The first-order valence-corrected chi connectivity index (χ1v) is 8.08. The zero-order valence-corrected chi connectivity index (χ0v) is 10.7. The summed E-state index contributed by atoms with van der Waals surface area (Å²) in [6.45, 7) is 0. The highest BCUT2D eigenvalue weighted by atomic mass is 32.2. The minimum atomic E-state index is -3.38. The number of nitrogens with zero attached hydrogens (tertiary/aromatic N) is 1. The van der Waals surface area contributed by atoms with Crippen molar-refractivity contribution in [3.63, 3.8) is 0 Å². The van der Waals surface area contributed by atoms with Crippen molar-refractivity contribution in [2.75, 3.05) is 11.5 Å². The predicted octanol–water partition coefficient (Wildman–Crippen LogP) is 1.23. The fourth-order valence-electron chi connectivity index (χ4n) is 2.04. The van der Waals surface area contributed by atoms with Crippen LogP contribution in [0.15, 0.2) is 34.2 Å². The Morgan fingerprint density at radius 2 is 2.18 bits per heavy atom. The maximum absolute atomic E-state index is 11.8. The molecule has 3 rings (SSSR count). The molecule has 1 fully saturated rings. The highest BCUT2D eigenvalue weighted by Gasteiger charge is 2.31. The van der Waals surface area contributed by atoms with Gasteiger partial charge in [0.15, 0.2) is 0 Å². The molecule has 0 amide bonds. The average molecular weight is 268 g/mol. The summed E-state index contributed by atoms with van der Waals surface area (Å²) in [6, 6.07) is 7.22. The number of sulfonamides is 1. The van der Waals surface area contributed by atoms with Gasteiger partial charge in [-0.3, -0.25) is 9.71 Å². The predicted molar refractivity (Wildman–Crippen MR) is 69.0 cm³/mol. The van der Waals surface area contributed by atoms with E-state index in [4.69, 9.17) is 0 Å². The third-order valence-electron chi connectivity index (χ3n) is 2.88. The van der Waals surface area contributed by atoms with Crippen LogP contribution in [-0.4, -0.2) is 31.8 Å². The van der Waals surface area contributed by atoms with E-state index >= 15 is 0 Å². The average Bonchev–Trinajstić information content (AvgIpc) is 2.88. The van der Waals surface area contributed by atoms with Crippen LogP contribution in [0.1, 0.15) is 12.0 Å². The molecule has 1 aromatic rings. The lowest BCUT2D eigenvalue weighted by atomic mass is 10.2. The molecule has 1 saturated heterocycles. The van der Waals surface area contributed by atoms with E-state index in [1.54, 1.807) is 18.2 Å². The number of hydrogen-bond donors (Lipinski definition) is 1. The molecule has 4 nitrogen and oxygen atoms in total. The van der Waals surface area contributed by atoms with Crippen molar-refractivity contribution in [2.24, 2.45) is 4.99 Å². The van der Waals surface area contributed by atoms with Crippen molar-refractivity contribution in [1.29, 1.82) is 0 Å². The number of hydrogen-bond acceptors (Lipinski definition) is 4. The van der Waals surface area contributed by atoms with Gasteiger partial charge in [-0.2, -0.15) is 11.8 Å². The maximum atomic E-state index is 11.8. The molecule has 2 aliphatic heterocycles. The second-order valence-electron chi connectivity index (χ2n) is 4.10. The molecule has 1 atom stereocenters. The standard InChI is InChI=1S/C11H12N2O2S2/c14-17(15)10-4-2-1-3-9(10)11(13-17)12-8-5-6-16-7-8/h1-4,8H,5-7H2,(H,12,13). The van der Waals surface area contributed by atoms with Crippen LogP contribution < -0.4 is 4.72 Å². The summed E-state index contributed by atoms with van der Waals surface area (Å²) in [5, 5.41) is 0. The van der Waals surface area contributed by atoms with Crippen LogP contribution in [0.3, 0.4) is 0 Å². The number of aliphatic imine (C=N–C) groups is 1. The summed E-state index contributed by atoms with van der Waals surface area (Å²) in [6.07, 6.45) is 1.03. The van der Waals surface area contributed by atoms with Crippen molar-refractivity contribution in [3.8, 4) is 0 Å². The van der Waals surface area contributed by atoms with Crippen molar-refractivity contribution >= 4 is 27.6 Å². The number of thioether (sulfide) groups is 1. The van der Waals surface area contributed by atoms with Crippen molar-refractivity contribution in [1.82, 2.24) is 4.72 Å². The highest BCUT2D eigenvalue weighted by molar-refractivity contribution is 7.99. The van der Waals surface area contributed by atoms with Gasteiger partial charge in [0, 0.05) is 11.3 Å². The molecule has 0 saturated carbocycles. The smallest absolute Gasteiger partial charge is 0.263 e. The van der Waals surface area contributed by atoms with E-state index in [2.05, 4.69) is 9.71 Å². The monoisotopic (exact) mass is 268 g/mol. The van der Waals surface area contributed by atoms with Gasteiger partial charge >= 0.3 is 0 Å². The van der Waals surface area contributed by atoms with E-state index in [9.17, 15) is 8.42 Å². The zero-order valence-electron chi connectivity index (χ0n) is 9.09. The third-order valence-corrected chi connectivity index (χ3v) is 5.42. The van der Waals surface area contributed by atoms with Crippen molar-refractivity contribution < 1.29 is 8.42 Å². The largest absolute Gasteiger partial charge is 0.263 e. The SMILES string of the molecule is O=S1(=O)NC(=NC2CCSC2)c2ccccc21. The normalized spacial score (nSPS) is 28.0. The van der Waals surface area contributed by atoms with E-state index in [1.807, 2.05) is 17.8 Å². The third kappa shape index (κ3) is 1.95. The van der Waals surface area contributed by atoms with Gasteiger partial charge in [-0.15, -0.1) is 0 Å². The Morgan fingerprint density at radius 1 is 1.35 bits per heavy atom. The van der Waals surface area contributed by atoms with Gasteiger partial charge < -0.3 is 0 Å². The molecule has 6 heteroatoms. The van der Waals surface area contributed by atoms with Gasteiger partial charge in [0.2, 0.25) is 0 Å². The summed E-state index contributed by atoms with van der Waals surface area (Å²) in [4.78, 5) is 4.85. The summed E-state index contributed by atoms with van der Waals surface area (Å²) in [5.74, 6) is 2.59. The van der Waals surface area contributed by atoms with Crippen molar-refractivity contribution in [3.05, 3.63) is 29.8 Å². The van der Waals surface area contributed by atoms with E-state index in [1.165, 1.54) is 0 Å². The topological polar surface area (TPSA) is 58.5 Å². The molecule has 90 valence electrons. The van der Waals surface area contributed by atoms with Gasteiger partial charge in [-0.1, -0.05) is 12.1 Å². The van der Waals surface area contributed by atoms with Crippen LogP contribution in [0.25, 0.3) is 0 Å². The van der Waals surface area contributed by atoms with Crippen LogP contribution in [0.4, 0.5) is 0 Å². The van der Waals surface area contributed by atoms with Crippen molar-refractivity contribution in [2.45, 2.75) is 17.4 Å². The Balaban J connectivity index is 2.04. The lowest BCUT2D eigenvalue weighted by molar-refractivity contribution is 0.595. The minimum Gasteiger partial charge on any atom is -0.263 e. The summed E-state index contributed by atoms with van der Waals surface area (Å²) in [5.41, 5.74) is 0.699. The van der Waals surface area contributed by atoms with Crippen LogP contribution in [0, 0.1) is 0 Å². The second-order valence-corrected chi connectivity index (χ2v) is 6.90. The van der Waals surface area contributed by atoms with Crippen LogP contribution in [0.2, 0.25) is 0 Å². The highest BCUT2D eigenvalue weighted by Crippen LogP contribution is 2.25. The van der Waals surface area contributed by atoms with Gasteiger partial charge in [-0.25, -0.2) is 8.42 Å². The molecule has 1 aromatic carbocycles. The molecule has 0 radical (unpaired) electrons. The second kappa shape index (κ2) is 4.03. The Labute approximate surface area is 105 Å². The summed E-state index contributed by atoms with van der Waals surface area (Å²) < 4.78 is 26.2. The molecule has 2 heterocycles. The summed E-state index contributed by atoms with van der Waals surface area (Å²) in [7, 11) is -3.38. The molecular weight excluding hydrogens is 256 g/mol. The molecule has 0 aromatic heterocycles.